The number of carboxylic acid groups (broad SMARTS) is 1. The quantitative estimate of drug-likeness (QED) is 0.403. The minimum absolute atomic E-state index is 0.238. The first kappa shape index (κ1) is 20.7. The fraction of sp³-hybridized carbons (Fsp3) is 0.476. The number of ether oxygens (including phenoxy) is 2. The Kier molecular flexibility index (Phi) is 8.04. The fourth-order valence-corrected chi connectivity index (χ4v) is 3.42. The van der Waals surface area contributed by atoms with Gasteiger partial charge in [-0.1, -0.05) is 30.4 Å². The van der Waals surface area contributed by atoms with Crippen molar-refractivity contribution in [2.24, 2.45) is 11.8 Å². The van der Waals surface area contributed by atoms with Gasteiger partial charge < -0.3 is 14.6 Å². The van der Waals surface area contributed by atoms with Crippen LogP contribution in [-0.2, 0) is 19.1 Å². The van der Waals surface area contributed by atoms with E-state index >= 15 is 0 Å². The number of benzene rings is 1. The van der Waals surface area contributed by atoms with Crippen molar-refractivity contribution in [2.45, 2.75) is 44.6 Å². The molecule has 6 heteroatoms. The lowest BCUT2D eigenvalue weighted by Crippen LogP contribution is -2.28. The first-order valence-electron chi connectivity index (χ1n) is 9.23. The second kappa shape index (κ2) is 10.5. The number of allylic oxidation sites excluding steroid dienone is 2. The highest BCUT2D eigenvalue weighted by molar-refractivity contribution is 5.89. The maximum absolute atomic E-state index is 12.3. The Balaban J connectivity index is 1.91. The van der Waals surface area contributed by atoms with Gasteiger partial charge in [-0.15, -0.1) is 0 Å². The topological polar surface area (TPSA) is 89.9 Å². The molecule has 1 fully saturated rings. The predicted octanol–water partition coefficient (Wildman–Crippen LogP) is 3.61. The van der Waals surface area contributed by atoms with Gasteiger partial charge in [-0.3, -0.25) is 9.59 Å². The third-order valence-corrected chi connectivity index (χ3v) is 4.90. The van der Waals surface area contributed by atoms with Gasteiger partial charge in [-0.05, 0) is 44.2 Å². The Morgan fingerprint density at radius 2 is 1.89 bits per heavy atom. The summed E-state index contributed by atoms with van der Waals surface area (Å²) in [4.78, 5) is 34.9. The summed E-state index contributed by atoms with van der Waals surface area (Å²) in [5, 5.41) is 9.47. The molecule has 27 heavy (non-hydrogen) atoms. The van der Waals surface area contributed by atoms with Gasteiger partial charge in [-0.2, -0.15) is 0 Å². The Morgan fingerprint density at radius 1 is 1.15 bits per heavy atom. The van der Waals surface area contributed by atoms with Crippen molar-refractivity contribution in [3.05, 3.63) is 48.0 Å². The molecule has 2 rings (SSSR count). The van der Waals surface area contributed by atoms with Crippen LogP contribution >= 0.6 is 0 Å². The predicted molar refractivity (Wildman–Crippen MR) is 99.1 cm³/mol. The molecule has 146 valence electrons. The summed E-state index contributed by atoms with van der Waals surface area (Å²) < 4.78 is 10.2. The monoisotopic (exact) mass is 374 g/mol. The molecule has 1 saturated carbocycles. The molecule has 1 aromatic rings. The SMILES string of the molecule is COC(=O)CCC/C=C\C[C@H]1[C@@H](OC(=O)c2ccccc2)CC[C@@H]1C(=O)O. The molecule has 0 bridgehead atoms. The first-order valence-corrected chi connectivity index (χ1v) is 9.23. The van der Waals surface area contributed by atoms with E-state index in [1.54, 1.807) is 24.3 Å². The van der Waals surface area contributed by atoms with Crippen LogP contribution in [0.3, 0.4) is 0 Å². The molecule has 1 N–H and O–H groups in total. The lowest BCUT2D eigenvalue weighted by Gasteiger charge is -2.22. The molecule has 0 radical (unpaired) electrons. The lowest BCUT2D eigenvalue weighted by atomic mass is 9.91. The van der Waals surface area contributed by atoms with Crippen LogP contribution in [0.5, 0.6) is 0 Å². The highest BCUT2D eigenvalue weighted by Gasteiger charge is 2.41. The zero-order valence-corrected chi connectivity index (χ0v) is 15.5. The van der Waals surface area contributed by atoms with E-state index in [1.165, 1.54) is 7.11 Å². The van der Waals surface area contributed by atoms with E-state index in [4.69, 9.17) is 4.74 Å². The van der Waals surface area contributed by atoms with Crippen LogP contribution in [0.25, 0.3) is 0 Å². The zero-order valence-electron chi connectivity index (χ0n) is 15.5. The Labute approximate surface area is 159 Å². The summed E-state index contributed by atoms with van der Waals surface area (Å²) in [5.74, 6) is -2.26. The van der Waals surface area contributed by atoms with Crippen LogP contribution in [0.1, 0.15) is 48.9 Å². The molecule has 0 heterocycles. The second-order valence-corrected chi connectivity index (χ2v) is 6.67. The van der Waals surface area contributed by atoms with Crippen molar-refractivity contribution in [2.75, 3.05) is 7.11 Å². The molecule has 1 aromatic carbocycles. The third kappa shape index (κ3) is 6.24. The van der Waals surface area contributed by atoms with Gasteiger partial charge in [0, 0.05) is 12.3 Å². The van der Waals surface area contributed by atoms with Gasteiger partial charge in [0.1, 0.15) is 6.10 Å². The average molecular weight is 374 g/mol. The minimum atomic E-state index is -0.850. The molecular formula is C21H26O6. The molecule has 0 amide bonds. The van der Waals surface area contributed by atoms with E-state index < -0.39 is 24.0 Å². The van der Waals surface area contributed by atoms with Gasteiger partial charge in [0.05, 0.1) is 18.6 Å². The maximum Gasteiger partial charge on any atom is 0.338 e. The number of carboxylic acids is 1. The van der Waals surface area contributed by atoms with Gasteiger partial charge in [0.2, 0.25) is 0 Å². The van der Waals surface area contributed by atoms with E-state index in [0.29, 0.717) is 44.1 Å². The number of methoxy groups -OCH3 is 1. The van der Waals surface area contributed by atoms with Crippen molar-refractivity contribution in [1.82, 2.24) is 0 Å². The zero-order chi connectivity index (χ0) is 19.6. The molecule has 0 aromatic heterocycles. The van der Waals surface area contributed by atoms with Crippen molar-refractivity contribution in [3.8, 4) is 0 Å². The Hall–Kier alpha value is -2.63. The molecule has 0 spiro atoms. The number of carbonyl (C=O) groups excluding carboxylic acids is 2. The van der Waals surface area contributed by atoms with Crippen molar-refractivity contribution in [1.29, 1.82) is 0 Å². The van der Waals surface area contributed by atoms with E-state index in [0.717, 1.165) is 0 Å². The van der Waals surface area contributed by atoms with Crippen LogP contribution in [0, 0.1) is 11.8 Å². The van der Waals surface area contributed by atoms with Gasteiger partial charge in [-0.25, -0.2) is 4.79 Å². The van der Waals surface area contributed by atoms with Crippen LogP contribution in [0.4, 0.5) is 0 Å². The molecule has 6 nitrogen and oxygen atoms in total. The molecule has 1 aliphatic rings. The summed E-state index contributed by atoms with van der Waals surface area (Å²) in [6, 6.07) is 8.71. The van der Waals surface area contributed by atoms with E-state index in [1.807, 2.05) is 18.2 Å². The number of hydrogen-bond acceptors (Lipinski definition) is 5. The number of esters is 2. The molecule has 1 aliphatic carbocycles. The average Bonchev–Trinajstić information content (AvgIpc) is 3.07. The standard InChI is InChI=1S/C21H26O6/c1-26-19(22)12-8-3-2-7-11-16-17(20(23)24)13-14-18(16)27-21(25)15-9-5-4-6-10-15/h2,4-7,9-10,16-18H,3,8,11-14H2,1H3,(H,23,24)/b7-2-/t16-,17+,18+/m1/s1. The second-order valence-electron chi connectivity index (χ2n) is 6.67. The number of unbranched alkanes of at least 4 members (excludes halogenated alkanes) is 1. The van der Waals surface area contributed by atoms with Crippen molar-refractivity contribution >= 4 is 17.9 Å². The molecule has 0 aliphatic heterocycles. The normalized spacial score (nSPS) is 21.9. The van der Waals surface area contributed by atoms with Gasteiger partial charge in [0.25, 0.3) is 0 Å². The van der Waals surface area contributed by atoms with E-state index in [2.05, 4.69) is 4.74 Å². The van der Waals surface area contributed by atoms with Crippen molar-refractivity contribution in [3.63, 3.8) is 0 Å². The highest BCUT2D eigenvalue weighted by atomic mass is 16.5. The molecule has 0 saturated heterocycles. The van der Waals surface area contributed by atoms with Gasteiger partial charge >= 0.3 is 17.9 Å². The summed E-state index contributed by atoms with van der Waals surface area (Å²) in [5.41, 5.74) is 0.466. The summed E-state index contributed by atoms with van der Waals surface area (Å²) in [7, 11) is 1.36. The van der Waals surface area contributed by atoms with Crippen LogP contribution in [-0.4, -0.2) is 36.2 Å². The first-order chi connectivity index (χ1) is 13.0. The lowest BCUT2D eigenvalue weighted by molar-refractivity contribution is -0.143. The third-order valence-electron chi connectivity index (χ3n) is 4.90. The number of hydrogen-bond donors (Lipinski definition) is 1. The highest BCUT2D eigenvalue weighted by Crippen LogP contribution is 2.37. The maximum atomic E-state index is 12.3. The number of aliphatic carboxylic acids is 1. The Morgan fingerprint density at radius 3 is 2.56 bits per heavy atom. The largest absolute Gasteiger partial charge is 0.481 e. The summed E-state index contributed by atoms with van der Waals surface area (Å²) in [6.45, 7) is 0. The number of carbonyl (C=O) groups is 3. The Bertz CT molecular complexity index is 667. The molecule has 3 atom stereocenters. The van der Waals surface area contributed by atoms with Crippen LogP contribution in [0.15, 0.2) is 42.5 Å². The van der Waals surface area contributed by atoms with Crippen LogP contribution in [0.2, 0.25) is 0 Å². The van der Waals surface area contributed by atoms with Gasteiger partial charge in [0.15, 0.2) is 0 Å². The molecule has 0 unspecified atom stereocenters. The summed E-state index contributed by atoms with van der Waals surface area (Å²) >= 11 is 0. The fourth-order valence-electron chi connectivity index (χ4n) is 3.42. The van der Waals surface area contributed by atoms with Crippen LogP contribution < -0.4 is 0 Å². The van der Waals surface area contributed by atoms with E-state index in [9.17, 15) is 19.5 Å². The minimum Gasteiger partial charge on any atom is -0.481 e. The summed E-state index contributed by atoms with van der Waals surface area (Å²) in [6.07, 6.45) is 6.80. The number of rotatable bonds is 9. The molecular weight excluding hydrogens is 348 g/mol. The van der Waals surface area contributed by atoms with Crippen molar-refractivity contribution < 1.29 is 29.0 Å². The van der Waals surface area contributed by atoms with E-state index in [-0.39, 0.29) is 11.9 Å². The smallest absolute Gasteiger partial charge is 0.338 e.